The Morgan fingerprint density at radius 3 is 2.50 bits per heavy atom. The lowest BCUT2D eigenvalue weighted by Gasteiger charge is -2.38. The largest absolute Gasteiger partial charge is 0.361 e. The van der Waals surface area contributed by atoms with E-state index in [-0.39, 0.29) is 12.1 Å². The molecular formula is C23H26N4O. The quantitative estimate of drug-likeness (QED) is 0.714. The van der Waals surface area contributed by atoms with E-state index in [9.17, 15) is 4.79 Å². The third kappa shape index (κ3) is 3.17. The number of amides is 1. The van der Waals surface area contributed by atoms with Crippen LogP contribution in [-0.4, -0.2) is 27.1 Å². The van der Waals surface area contributed by atoms with Gasteiger partial charge < -0.3 is 10.2 Å². The van der Waals surface area contributed by atoms with Gasteiger partial charge >= 0.3 is 0 Å². The van der Waals surface area contributed by atoms with E-state index in [1.54, 1.807) is 0 Å². The van der Waals surface area contributed by atoms with Gasteiger partial charge in [0.15, 0.2) is 0 Å². The number of aryl methyl sites for hydroxylation is 1. The third-order valence-electron chi connectivity index (χ3n) is 5.37. The molecule has 0 saturated heterocycles. The Morgan fingerprint density at radius 1 is 1.04 bits per heavy atom. The van der Waals surface area contributed by atoms with E-state index in [1.165, 1.54) is 5.56 Å². The molecule has 5 heteroatoms. The number of hydrogen-bond acceptors (Lipinski definition) is 3. The number of rotatable bonds is 5. The summed E-state index contributed by atoms with van der Waals surface area (Å²) in [6.07, 6.45) is 0.703. The van der Waals surface area contributed by atoms with Crippen molar-refractivity contribution >= 4 is 11.6 Å². The molecule has 144 valence electrons. The van der Waals surface area contributed by atoms with Gasteiger partial charge in [-0.25, -0.2) is 0 Å². The fraction of sp³-hybridized carbons (Fsp3) is 0.304. The number of carbonyl (C=O) groups excluding carboxylic acids is 1. The van der Waals surface area contributed by atoms with Gasteiger partial charge in [-0.2, -0.15) is 5.10 Å². The fourth-order valence-corrected chi connectivity index (χ4v) is 4.01. The number of fused-ring (bicyclic) bond motifs is 1. The highest BCUT2D eigenvalue weighted by Crippen LogP contribution is 2.35. The van der Waals surface area contributed by atoms with Crippen molar-refractivity contribution in [2.75, 3.05) is 11.9 Å². The van der Waals surface area contributed by atoms with Crippen LogP contribution in [0, 0.1) is 13.8 Å². The number of nitrogens with one attached hydrogen (secondary N) is 1. The molecule has 5 nitrogen and oxygen atoms in total. The van der Waals surface area contributed by atoms with E-state index >= 15 is 0 Å². The molecule has 1 aromatic heterocycles. The maximum absolute atomic E-state index is 13.2. The minimum Gasteiger partial charge on any atom is -0.361 e. The van der Waals surface area contributed by atoms with Crippen molar-refractivity contribution in [2.24, 2.45) is 0 Å². The van der Waals surface area contributed by atoms with Crippen LogP contribution < -0.4 is 5.32 Å². The van der Waals surface area contributed by atoms with Crippen molar-refractivity contribution in [3.05, 3.63) is 82.7 Å². The Hall–Kier alpha value is -3.08. The lowest BCUT2D eigenvalue weighted by Crippen LogP contribution is -2.43. The first-order valence-corrected chi connectivity index (χ1v) is 9.84. The second kappa shape index (κ2) is 7.50. The van der Waals surface area contributed by atoms with E-state index in [0.29, 0.717) is 6.54 Å². The lowest BCUT2D eigenvalue weighted by atomic mass is 10.0. The topological polar surface area (TPSA) is 50.2 Å². The maximum Gasteiger partial charge on any atom is 0.257 e. The lowest BCUT2D eigenvalue weighted by molar-refractivity contribution is 0.0682. The molecule has 2 heterocycles. The molecule has 1 aliphatic heterocycles. The first kappa shape index (κ1) is 18.3. The van der Waals surface area contributed by atoms with E-state index in [4.69, 9.17) is 5.10 Å². The molecule has 1 atom stereocenters. The van der Waals surface area contributed by atoms with Crippen molar-refractivity contribution < 1.29 is 4.79 Å². The Kier molecular flexibility index (Phi) is 4.90. The molecule has 1 N–H and O–H groups in total. The summed E-state index contributed by atoms with van der Waals surface area (Å²) in [5.41, 5.74) is 5.97. The van der Waals surface area contributed by atoms with E-state index in [1.807, 2.05) is 59.0 Å². The smallest absolute Gasteiger partial charge is 0.257 e. The van der Waals surface area contributed by atoms with Gasteiger partial charge in [-0.3, -0.25) is 9.48 Å². The molecule has 4 rings (SSSR count). The van der Waals surface area contributed by atoms with Gasteiger partial charge in [0.25, 0.3) is 5.91 Å². The number of carbonyl (C=O) groups is 1. The molecule has 0 aliphatic carbocycles. The normalized spacial score (nSPS) is 16.0. The van der Waals surface area contributed by atoms with Gasteiger partial charge in [0.05, 0.1) is 17.8 Å². The zero-order valence-electron chi connectivity index (χ0n) is 16.6. The summed E-state index contributed by atoms with van der Waals surface area (Å²) in [5, 5.41) is 8.38. The predicted molar refractivity (Wildman–Crippen MR) is 111 cm³/mol. The molecule has 28 heavy (non-hydrogen) atoms. The zero-order chi connectivity index (χ0) is 19.7. The van der Waals surface area contributed by atoms with E-state index < -0.39 is 0 Å². The van der Waals surface area contributed by atoms with Crippen LogP contribution in [0.2, 0.25) is 0 Å². The minimum absolute atomic E-state index is 0.0795. The van der Waals surface area contributed by atoms with Gasteiger partial charge in [-0.15, -0.1) is 0 Å². The van der Waals surface area contributed by atoms with Crippen molar-refractivity contribution in [1.82, 2.24) is 14.7 Å². The molecule has 1 amide bonds. The van der Waals surface area contributed by atoms with Crippen molar-refractivity contribution in [3.63, 3.8) is 0 Å². The number of anilines is 1. The molecular weight excluding hydrogens is 348 g/mol. The van der Waals surface area contributed by atoms with Crippen LogP contribution >= 0.6 is 0 Å². The summed E-state index contributed by atoms with van der Waals surface area (Å²) in [6, 6.07) is 18.1. The first-order chi connectivity index (χ1) is 13.6. The number of benzene rings is 2. The molecule has 0 saturated carbocycles. The maximum atomic E-state index is 13.2. The summed E-state index contributed by atoms with van der Waals surface area (Å²) in [6.45, 7) is 7.64. The van der Waals surface area contributed by atoms with Gasteiger partial charge in [-0.1, -0.05) is 49.4 Å². The van der Waals surface area contributed by atoms with E-state index in [2.05, 4.69) is 31.3 Å². The zero-order valence-corrected chi connectivity index (χ0v) is 16.6. The summed E-state index contributed by atoms with van der Waals surface area (Å²) in [7, 11) is 0. The Morgan fingerprint density at radius 2 is 1.75 bits per heavy atom. The van der Waals surface area contributed by atoms with Crippen molar-refractivity contribution in [1.29, 1.82) is 0 Å². The van der Waals surface area contributed by atoms with Crippen molar-refractivity contribution in [2.45, 2.75) is 39.9 Å². The minimum atomic E-state index is -0.202. The monoisotopic (exact) mass is 374 g/mol. The number of para-hydroxylation sites is 1. The Balaban J connectivity index is 1.74. The molecule has 0 fully saturated rings. The highest BCUT2D eigenvalue weighted by atomic mass is 16.2. The first-order valence-electron chi connectivity index (χ1n) is 9.84. The van der Waals surface area contributed by atoms with Crippen LogP contribution in [0.3, 0.4) is 0 Å². The van der Waals surface area contributed by atoms with Crippen LogP contribution in [0.15, 0.2) is 54.6 Å². The fourth-order valence-electron chi connectivity index (χ4n) is 4.01. The van der Waals surface area contributed by atoms with Gasteiger partial charge in [0.1, 0.15) is 6.17 Å². The molecule has 0 radical (unpaired) electrons. The van der Waals surface area contributed by atoms with E-state index in [0.717, 1.165) is 41.2 Å². The summed E-state index contributed by atoms with van der Waals surface area (Å²) >= 11 is 0. The van der Waals surface area contributed by atoms with Crippen LogP contribution in [0.5, 0.6) is 0 Å². The molecule has 3 aromatic rings. The average molecular weight is 374 g/mol. The second-order valence-electron chi connectivity index (χ2n) is 7.32. The third-order valence-corrected chi connectivity index (χ3v) is 5.37. The van der Waals surface area contributed by atoms with Gasteiger partial charge in [0.2, 0.25) is 0 Å². The van der Waals surface area contributed by atoms with Gasteiger partial charge in [-0.05, 0) is 38.0 Å². The van der Waals surface area contributed by atoms with Crippen LogP contribution in [0.25, 0.3) is 0 Å². The van der Waals surface area contributed by atoms with Gasteiger partial charge in [0, 0.05) is 23.5 Å². The van der Waals surface area contributed by atoms with Crippen LogP contribution in [-0.2, 0) is 6.54 Å². The highest BCUT2D eigenvalue weighted by Gasteiger charge is 2.35. The molecule has 0 spiro atoms. The molecule has 2 aromatic carbocycles. The molecule has 1 aliphatic rings. The number of nitrogens with zero attached hydrogens (tertiary/aromatic N) is 3. The molecule has 0 bridgehead atoms. The molecule has 0 unspecified atom stereocenters. The highest BCUT2D eigenvalue weighted by molar-refractivity contribution is 6.01. The standard InChI is InChI=1S/C23H26N4O/c1-4-14-26-22(24-20-13-9-8-12-19(20)23(26)28)21-16(2)25-27(17(21)3)15-18-10-6-5-7-11-18/h5-13,22,24H,4,14-15H2,1-3H3/t22-/m0/s1. The summed E-state index contributed by atoms with van der Waals surface area (Å²) < 4.78 is 2.04. The van der Waals surface area contributed by atoms with Crippen LogP contribution in [0.1, 0.15) is 52.4 Å². The number of aromatic nitrogens is 2. The second-order valence-corrected chi connectivity index (χ2v) is 7.32. The Labute approximate surface area is 166 Å². The summed E-state index contributed by atoms with van der Waals surface area (Å²) in [5.74, 6) is 0.0795. The predicted octanol–water partition coefficient (Wildman–Crippen LogP) is 4.52. The summed E-state index contributed by atoms with van der Waals surface area (Å²) in [4.78, 5) is 15.1. The Bertz CT molecular complexity index is 993. The SMILES string of the molecule is CCCN1C(=O)c2ccccc2N[C@@H]1c1c(C)nn(Cc2ccccc2)c1C. The van der Waals surface area contributed by atoms with Crippen molar-refractivity contribution in [3.8, 4) is 0 Å². The average Bonchev–Trinajstić information content (AvgIpc) is 2.98. The van der Waals surface area contributed by atoms with Crippen LogP contribution in [0.4, 0.5) is 5.69 Å². The number of hydrogen-bond donors (Lipinski definition) is 1.